The monoisotopic (exact) mass is 154 g/mol. The molecular formula is C8H10O3. The molecule has 0 aliphatic carbocycles. The molecule has 0 fully saturated rings. The number of carbonyl (C=O) groups is 2. The highest BCUT2D eigenvalue weighted by molar-refractivity contribution is 5.88. The first-order chi connectivity index (χ1) is 5.22. The van der Waals surface area contributed by atoms with Gasteiger partial charge in [-0.1, -0.05) is 12.2 Å². The minimum absolute atomic E-state index is 0.388. The Morgan fingerprint density at radius 1 is 1.36 bits per heavy atom. The SMILES string of the molecule is COC(=O)/C(C)=C/C=C/C=O. The summed E-state index contributed by atoms with van der Waals surface area (Å²) in [7, 11) is 1.31. The summed E-state index contributed by atoms with van der Waals surface area (Å²) in [5.41, 5.74) is 0.464. The van der Waals surface area contributed by atoms with Crippen molar-refractivity contribution in [2.75, 3.05) is 7.11 Å². The molecule has 60 valence electrons. The van der Waals surface area contributed by atoms with E-state index in [0.717, 1.165) is 0 Å². The minimum Gasteiger partial charge on any atom is -0.466 e. The van der Waals surface area contributed by atoms with Gasteiger partial charge in [-0.15, -0.1) is 0 Å². The quantitative estimate of drug-likeness (QED) is 0.262. The summed E-state index contributed by atoms with van der Waals surface area (Å²) in [5.74, 6) is -0.388. The zero-order valence-electron chi connectivity index (χ0n) is 6.53. The van der Waals surface area contributed by atoms with Crippen LogP contribution in [-0.4, -0.2) is 19.4 Å². The van der Waals surface area contributed by atoms with Crippen LogP contribution >= 0.6 is 0 Å². The van der Waals surface area contributed by atoms with Crippen LogP contribution in [0.5, 0.6) is 0 Å². The van der Waals surface area contributed by atoms with Crippen molar-refractivity contribution in [3.63, 3.8) is 0 Å². The average Bonchev–Trinajstić information content (AvgIpc) is 2.03. The Kier molecular flexibility index (Phi) is 4.73. The molecule has 0 aliphatic rings. The van der Waals surface area contributed by atoms with Gasteiger partial charge in [0.2, 0.25) is 0 Å². The van der Waals surface area contributed by atoms with E-state index >= 15 is 0 Å². The van der Waals surface area contributed by atoms with Crippen molar-refractivity contribution in [2.24, 2.45) is 0 Å². The lowest BCUT2D eigenvalue weighted by atomic mass is 10.3. The summed E-state index contributed by atoms with van der Waals surface area (Å²) in [4.78, 5) is 20.5. The zero-order valence-corrected chi connectivity index (χ0v) is 6.53. The van der Waals surface area contributed by atoms with Crippen molar-refractivity contribution in [1.29, 1.82) is 0 Å². The second-order valence-electron chi connectivity index (χ2n) is 1.86. The first kappa shape index (κ1) is 9.62. The summed E-state index contributed by atoms with van der Waals surface area (Å²) >= 11 is 0. The fraction of sp³-hybridized carbons (Fsp3) is 0.250. The molecule has 0 radical (unpaired) electrons. The molecule has 0 spiro atoms. The summed E-state index contributed by atoms with van der Waals surface area (Å²) in [5, 5.41) is 0. The van der Waals surface area contributed by atoms with E-state index in [1.165, 1.54) is 25.3 Å². The van der Waals surface area contributed by atoms with Gasteiger partial charge in [0.25, 0.3) is 0 Å². The number of ether oxygens (including phenoxy) is 1. The molecule has 0 heterocycles. The van der Waals surface area contributed by atoms with Gasteiger partial charge in [-0.25, -0.2) is 4.79 Å². The lowest BCUT2D eigenvalue weighted by molar-refractivity contribution is -0.136. The Labute approximate surface area is 65.4 Å². The Morgan fingerprint density at radius 3 is 2.45 bits per heavy atom. The molecule has 0 aromatic rings. The van der Waals surface area contributed by atoms with E-state index in [9.17, 15) is 9.59 Å². The number of aldehydes is 1. The van der Waals surface area contributed by atoms with Gasteiger partial charge in [0.05, 0.1) is 7.11 Å². The van der Waals surface area contributed by atoms with Crippen molar-refractivity contribution in [3.8, 4) is 0 Å². The number of esters is 1. The van der Waals surface area contributed by atoms with Crippen LogP contribution in [0.1, 0.15) is 6.92 Å². The third-order valence-electron chi connectivity index (χ3n) is 1.04. The maximum Gasteiger partial charge on any atom is 0.333 e. The summed E-state index contributed by atoms with van der Waals surface area (Å²) < 4.78 is 4.41. The van der Waals surface area contributed by atoms with Gasteiger partial charge in [-0.3, -0.25) is 4.79 Å². The summed E-state index contributed by atoms with van der Waals surface area (Å²) in [6, 6.07) is 0. The number of carbonyl (C=O) groups excluding carboxylic acids is 2. The van der Waals surface area contributed by atoms with Gasteiger partial charge < -0.3 is 4.74 Å². The van der Waals surface area contributed by atoms with Crippen molar-refractivity contribution >= 4 is 12.3 Å². The Balaban J connectivity index is 4.10. The number of rotatable bonds is 3. The normalized spacial score (nSPS) is 11.6. The van der Waals surface area contributed by atoms with Gasteiger partial charge in [0.1, 0.15) is 6.29 Å². The van der Waals surface area contributed by atoms with E-state index in [-0.39, 0.29) is 5.97 Å². The molecule has 0 saturated carbocycles. The largest absolute Gasteiger partial charge is 0.466 e. The Bertz CT molecular complexity index is 201. The highest BCUT2D eigenvalue weighted by atomic mass is 16.5. The van der Waals surface area contributed by atoms with E-state index in [4.69, 9.17) is 0 Å². The van der Waals surface area contributed by atoms with Crippen LogP contribution in [0.25, 0.3) is 0 Å². The molecule has 0 aromatic heterocycles. The lowest BCUT2D eigenvalue weighted by Crippen LogP contribution is -2.00. The van der Waals surface area contributed by atoms with Crippen LogP contribution in [0.2, 0.25) is 0 Å². The van der Waals surface area contributed by atoms with E-state index < -0.39 is 0 Å². The fourth-order valence-corrected chi connectivity index (χ4v) is 0.474. The third kappa shape index (κ3) is 4.08. The van der Waals surface area contributed by atoms with Crippen molar-refractivity contribution in [3.05, 3.63) is 23.8 Å². The molecular weight excluding hydrogens is 144 g/mol. The summed E-state index contributed by atoms with van der Waals surface area (Å²) in [6.45, 7) is 1.61. The molecule has 0 atom stereocenters. The van der Waals surface area contributed by atoms with Crippen LogP contribution in [0.4, 0.5) is 0 Å². The van der Waals surface area contributed by atoms with Crippen molar-refractivity contribution in [1.82, 2.24) is 0 Å². The van der Waals surface area contributed by atoms with Crippen LogP contribution in [0.3, 0.4) is 0 Å². The second-order valence-corrected chi connectivity index (χ2v) is 1.86. The minimum atomic E-state index is -0.388. The summed E-state index contributed by atoms with van der Waals surface area (Å²) in [6.07, 6.45) is 4.94. The molecule has 0 aliphatic heterocycles. The van der Waals surface area contributed by atoms with Gasteiger partial charge >= 0.3 is 5.97 Å². The molecule has 3 heteroatoms. The fourth-order valence-electron chi connectivity index (χ4n) is 0.474. The van der Waals surface area contributed by atoms with Gasteiger partial charge in [-0.2, -0.15) is 0 Å². The maximum atomic E-state index is 10.7. The number of allylic oxidation sites excluding steroid dienone is 3. The molecule has 0 rings (SSSR count). The number of hydrogen-bond acceptors (Lipinski definition) is 3. The lowest BCUT2D eigenvalue weighted by Gasteiger charge is -1.94. The predicted molar refractivity (Wildman–Crippen MR) is 41.0 cm³/mol. The number of hydrogen-bond donors (Lipinski definition) is 0. The molecule has 0 aromatic carbocycles. The second kappa shape index (κ2) is 5.41. The predicted octanol–water partition coefficient (Wildman–Crippen LogP) is 0.861. The van der Waals surface area contributed by atoms with E-state index in [1.54, 1.807) is 6.92 Å². The molecule has 11 heavy (non-hydrogen) atoms. The van der Waals surface area contributed by atoms with Crippen molar-refractivity contribution in [2.45, 2.75) is 6.92 Å². The van der Waals surface area contributed by atoms with Gasteiger partial charge in [0.15, 0.2) is 0 Å². The van der Waals surface area contributed by atoms with E-state index in [1.807, 2.05) is 0 Å². The van der Waals surface area contributed by atoms with Crippen LogP contribution in [0.15, 0.2) is 23.8 Å². The Hall–Kier alpha value is -1.38. The molecule has 0 N–H and O–H groups in total. The van der Waals surface area contributed by atoms with Crippen molar-refractivity contribution < 1.29 is 14.3 Å². The zero-order chi connectivity index (χ0) is 8.69. The van der Waals surface area contributed by atoms with Crippen LogP contribution < -0.4 is 0 Å². The highest BCUT2D eigenvalue weighted by Gasteiger charge is 1.99. The molecule has 0 saturated heterocycles. The Morgan fingerprint density at radius 2 is 2.00 bits per heavy atom. The van der Waals surface area contributed by atoms with Crippen LogP contribution in [0, 0.1) is 0 Å². The van der Waals surface area contributed by atoms with Gasteiger partial charge in [0, 0.05) is 5.57 Å². The molecule has 0 amide bonds. The smallest absolute Gasteiger partial charge is 0.333 e. The first-order valence-corrected chi connectivity index (χ1v) is 3.09. The maximum absolute atomic E-state index is 10.7. The standard InChI is InChI=1S/C8H10O3/c1-7(8(10)11-2)5-3-4-6-9/h3-6H,1-2H3/b4-3+,7-5+. The van der Waals surface area contributed by atoms with Crippen LogP contribution in [-0.2, 0) is 14.3 Å². The van der Waals surface area contributed by atoms with E-state index in [2.05, 4.69) is 4.74 Å². The highest BCUT2D eigenvalue weighted by Crippen LogP contribution is 1.94. The average molecular weight is 154 g/mol. The molecule has 3 nitrogen and oxygen atoms in total. The van der Waals surface area contributed by atoms with Gasteiger partial charge in [-0.05, 0) is 13.0 Å². The third-order valence-corrected chi connectivity index (χ3v) is 1.04. The first-order valence-electron chi connectivity index (χ1n) is 3.09. The number of methoxy groups -OCH3 is 1. The van der Waals surface area contributed by atoms with E-state index in [0.29, 0.717) is 11.9 Å². The molecule has 0 unspecified atom stereocenters. The topological polar surface area (TPSA) is 43.4 Å². The molecule has 0 bridgehead atoms.